The Kier molecular flexibility index (Phi) is 5.66. The molecule has 3 nitrogen and oxygen atoms in total. The van der Waals surface area contributed by atoms with E-state index >= 15 is 0 Å². The van der Waals surface area contributed by atoms with E-state index < -0.39 is 0 Å². The molecule has 0 spiro atoms. The van der Waals surface area contributed by atoms with E-state index in [0.717, 1.165) is 16.9 Å². The van der Waals surface area contributed by atoms with Gasteiger partial charge in [-0.15, -0.1) is 0 Å². The molecule has 0 saturated heterocycles. The highest BCUT2D eigenvalue weighted by Gasteiger charge is 2.10. The molecule has 0 saturated carbocycles. The Morgan fingerprint density at radius 2 is 2.05 bits per heavy atom. The minimum atomic E-state index is -0.211. The molecular weight excluding hydrogens is 261 g/mol. The highest BCUT2D eigenvalue weighted by Crippen LogP contribution is 2.17. The van der Waals surface area contributed by atoms with Gasteiger partial charge in [0.05, 0.1) is 6.54 Å². The van der Waals surface area contributed by atoms with Gasteiger partial charge in [0, 0.05) is 11.3 Å². The van der Waals surface area contributed by atoms with Gasteiger partial charge in [0.15, 0.2) is 5.96 Å². The Morgan fingerprint density at radius 3 is 2.63 bits per heavy atom. The third kappa shape index (κ3) is 5.96. The van der Waals surface area contributed by atoms with Gasteiger partial charge in [0.1, 0.15) is 5.82 Å². The van der Waals surface area contributed by atoms with Gasteiger partial charge in [0.2, 0.25) is 0 Å². The first kappa shape index (κ1) is 15.8. The van der Waals surface area contributed by atoms with Gasteiger partial charge in [-0.25, -0.2) is 9.38 Å². The summed E-state index contributed by atoms with van der Waals surface area (Å²) in [6, 6.07) is 4.80. The van der Waals surface area contributed by atoms with Crippen LogP contribution in [0.3, 0.4) is 0 Å². The fourth-order valence-electron chi connectivity index (χ4n) is 1.63. The van der Waals surface area contributed by atoms with Gasteiger partial charge < -0.3 is 11.1 Å². The third-order valence-electron chi connectivity index (χ3n) is 2.39. The molecule has 0 aromatic heterocycles. The largest absolute Gasteiger partial charge is 0.370 e. The van der Waals surface area contributed by atoms with Crippen molar-refractivity contribution in [1.82, 2.24) is 5.32 Å². The number of thioether (sulfide) groups is 1. The lowest BCUT2D eigenvalue weighted by atomic mass is 10.1. The number of halogens is 1. The standard InChI is InChI=1S/C14H22FN3S/c1-14(2,3)18-13(16)17-8-10-5-6-12(15)7-11(10)9-19-4/h5-7H,8-9H2,1-4H3,(H3,16,17,18). The van der Waals surface area contributed by atoms with Crippen molar-refractivity contribution in [3.05, 3.63) is 35.1 Å². The first-order valence-electron chi connectivity index (χ1n) is 6.16. The molecule has 0 amide bonds. The summed E-state index contributed by atoms with van der Waals surface area (Å²) in [5.74, 6) is 0.972. The van der Waals surface area contributed by atoms with Crippen molar-refractivity contribution in [2.75, 3.05) is 6.26 Å². The summed E-state index contributed by atoms with van der Waals surface area (Å²) in [7, 11) is 0. The van der Waals surface area contributed by atoms with Crippen LogP contribution >= 0.6 is 11.8 Å². The molecule has 19 heavy (non-hydrogen) atoms. The monoisotopic (exact) mass is 283 g/mol. The van der Waals surface area contributed by atoms with E-state index in [4.69, 9.17) is 5.73 Å². The maximum Gasteiger partial charge on any atom is 0.189 e. The zero-order valence-electron chi connectivity index (χ0n) is 12.0. The van der Waals surface area contributed by atoms with Crippen LogP contribution in [0, 0.1) is 5.82 Å². The Hall–Kier alpha value is -1.23. The fraction of sp³-hybridized carbons (Fsp3) is 0.500. The summed E-state index contributed by atoms with van der Waals surface area (Å²) in [5.41, 5.74) is 7.69. The van der Waals surface area contributed by atoms with Crippen molar-refractivity contribution in [3.8, 4) is 0 Å². The molecule has 0 aliphatic heterocycles. The lowest BCUT2D eigenvalue weighted by Gasteiger charge is -2.21. The lowest BCUT2D eigenvalue weighted by Crippen LogP contribution is -2.44. The number of nitrogens with two attached hydrogens (primary N) is 1. The van der Waals surface area contributed by atoms with Crippen LogP contribution in [0.5, 0.6) is 0 Å². The third-order valence-corrected chi connectivity index (χ3v) is 2.99. The van der Waals surface area contributed by atoms with Crippen LogP contribution in [0.4, 0.5) is 4.39 Å². The molecule has 106 valence electrons. The molecule has 0 unspecified atom stereocenters. The highest BCUT2D eigenvalue weighted by molar-refractivity contribution is 7.97. The Bertz CT molecular complexity index is 452. The quantitative estimate of drug-likeness (QED) is 0.660. The lowest BCUT2D eigenvalue weighted by molar-refractivity contribution is 0.508. The zero-order valence-corrected chi connectivity index (χ0v) is 12.8. The van der Waals surface area contributed by atoms with Crippen LogP contribution in [0.1, 0.15) is 31.9 Å². The van der Waals surface area contributed by atoms with E-state index in [1.807, 2.05) is 27.0 Å². The smallest absolute Gasteiger partial charge is 0.189 e. The van der Waals surface area contributed by atoms with Crippen LogP contribution in [0.25, 0.3) is 0 Å². The summed E-state index contributed by atoms with van der Waals surface area (Å²) in [6.07, 6.45) is 1.99. The van der Waals surface area contributed by atoms with E-state index in [2.05, 4.69) is 10.3 Å². The van der Waals surface area contributed by atoms with Gasteiger partial charge >= 0.3 is 0 Å². The van der Waals surface area contributed by atoms with Gasteiger partial charge in [-0.2, -0.15) is 11.8 Å². The van der Waals surface area contributed by atoms with Crippen molar-refractivity contribution in [1.29, 1.82) is 0 Å². The van der Waals surface area contributed by atoms with E-state index in [1.54, 1.807) is 23.9 Å². The number of aliphatic imine (C=N–C) groups is 1. The summed E-state index contributed by atoms with van der Waals surface area (Å²) in [5, 5.41) is 3.10. The number of nitrogens with zero attached hydrogens (tertiary/aromatic N) is 1. The van der Waals surface area contributed by atoms with Gasteiger partial charge in [0.25, 0.3) is 0 Å². The minimum absolute atomic E-state index is 0.113. The molecule has 0 aliphatic rings. The molecule has 0 radical (unpaired) electrons. The van der Waals surface area contributed by atoms with Crippen LogP contribution in [0.2, 0.25) is 0 Å². The van der Waals surface area contributed by atoms with Crippen LogP contribution in [0.15, 0.2) is 23.2 Å². The first-order valence-corrected chi connectivity index (χ1v) is 7.55. The van der Waals surface area contributed by atoms with Crippen molar-refractivity contribution in [2.45, 2.75) is 38.6 Å². The fourth-order valence-corrected chi connectivity index (χ4v) is 2.21. The SMILES string of the molecule is CSCc1cc(F)ccc1CN=C(N)NC(C)(C)C. The average molecular weight is 283 g/mol. The van der Waals surface area contributed by atoms with Crippen molar-refractivity contribution in [2.24, 2.45) is 10.7 Å². The summed E-state index contributed by atoms with van der Waals surface area (Å²) in [4.78, 5) is 4.30. The topological polar surface area (TPSA) is 50.4 Å². The molecule has 1 aromatic rings. The highest BCUT2D eigenvalue weighted by atomic mass is 32.2. The van der Waals surface area contributed by atoms with Crippen molar-refractivity contribution >= 4 is 17.7 Å². The maximum absolute atomic E-state index is 13.2. The summed E-state index contributed by atoms with van der Waals surface area (Å²) < 4.78 is 13.2. The molecule has 3 N–H and O–H groups in total. The number of hydrogen-bond donors (Lipinski definition) is 2. The zero-order chi connectivity index (χ0) is 14.5. The first-order chi connectivity index (χ1) is 8.81. The molecule has 1 rings (SSSR count). The Balaban J connectivity index is 2.79. The Morgan fingerprint density at radius 1 is 1.37 bits per heavy atom. The van der Waals surface area contributed by atoms with E-state index in [9.17, 15) is 4.39 Å². The average Bonchev–Trinajstić information content (AvgIpc) is 2.26. The Labute approximate surface area is 118 Å². The van der Waals surface area contributed by atoms with Crippen LogP contribution < -0.4 is 11.1 Å². The minimum Gasteiger partial charge on any atom is -0.370 e. The van der Waals surface area contributed by atoms with Crippen molar-refractivity contribution in [3.63, 3.8) is 0 Å². The molecule has 0 bridgehead atoms. The predicted octanol–water partition coefficient (Wildman–Crippen LogP) is 2.89. The molecule has 0 atom stereocenters. The van der Waals surface area contributed by atoms with Crippen LogP contribution in [-0.2, 0) is 12.3 Å². The molecule has 0 aliphatic carbocycles. The second-order valence-electron chi connectivity index (χ2n) is 5.42. The van der Waals surface area contributed by atoms with Gasteiger partial charge in [-0.3, -0.25) is 0 Å². The number of guanidine groups is 1. The normalized spacial score (nSPS) is 12.6. The van der Waals surface area contributed by atoms with Gasteiger partial charge in [-0.05, 0) is 50.3 Å². The molecule has 5 heteroatoms. The predicted molar refractivity (Wildman–Crippen MR) is 81.8 cm³/mol. The van der Waals surface area contributed by atoms with E-state index in [1.165, 1.54) is 6.07 Å². The number of rotatable bonds is 4. The van der Waals surface area contributed by atoms with E-state index in [-0.39, 0.29) is 11.4 Å². The maximum atomic E-state index is 13.2. The number of benzene rings is 1. The molecule has 0 fully saturated rings. The van der Waals surface area contributed by atoms with Gasteiger partial charge in [-0.1, -0.05) is 6.07 Å². The second kappa shape index (κ2) is 6.80. The second-order valence-corrected chi connectivity index (χ2v) is 6.29. The summed E-state index contributed by atoms with van der Waals surface area (Å²) >= 11 is 1.66. The summed E-state index contributed by atoms with van der Waals surface area (Å²) in [6.45, 7) is 6.52. The van der Waals surface area contributed by atoms with E-state index in [0.29, 0.717) is 12.5 Å². The molecular formula is C14H22FN3S. The molecule has 1 aromatic carbocycles. The van der Waals surface area contributed by atoms with Crippen molar-refractivity contribution < 1.29 is 4.39 Å². The molecule has 0 heterocycles. The number of nitrogens with one attached hydrogen (secondary N) is 1. The number of hydrogen-bond acceptors (Lipinski definition) is 2. The van der Waals surface area contributed by atoms with Crippen LogP contribution in [-0.4, -0.2) is 17.8 Å².